The van der Waals surface area contributed by atoms with Crippen molar-refractivity contribution in [3.8, 4) is 0 Å². The molecule has 2 aliphatic carbocycles. The Kier molecular flexibility index (Phi) is 6.58. The van der Waals surface area contributed by atoms with Gasteiger partial charge in [-0.05, 0) is 43.9 Å². The van der Waals surface area contributed by atoms with E-state index in [0.29, 0.717) is 5.56 Å². The number of rotatable bonds is 5. The molecule has 1 amide bonds. The lowest BCUT2D eigenvalue weighted by molar-refractivity contribution is 0.0696. The molecule has 0 atom stereocenters. The molecule has 0 aromatic heterocycles. The molecule has 2 aliphatic rings. The molecule has 1 aromatic rings. The maximum atomic E-state index is 13.1. The highest BCUT2D eigenvalue weighted by Gasteiger charge is 2.30. The number of amides is 1. The van der Waals surface area contributed by atoms with Crippen molar-refractivity contribution in [2.75, 3.05) is 14.1 Å². The number of carbonyl (C=O) groups excluding carboxylic acids is 1. The summed E-state index contributed by atoms with van der Waals surface area (Å²) in [5, 5.41) is 0. The number of hydrogen-bond acceptors (Lipinski definition) is 3. The minimum Gasteiger partial charge on any atom is -0.339 e. The summed E-state index contributed by atoms with van der Waals surface area (Å²) in [5.41, 5.74) is 0.459. The second-order valence-electron chi connectivity index (χ2n) is 8.05. The molecule has 0 heterocycles. The average Bonchev–Trinajstić information content (AvgIpc) is 2.73. The zero-order valence-electron chi connectivity index (χ0n) is 16.6. The van der Waals surface area contributed by atoms with Crippen molar-refractivity contribution >= 4 is 15.9 Å². The van der Waals surface area contributed by atoms with Crippen molar-refractivity contribution in [2.45, 2.75) is 81.2 Å². The molecule has 0 bridgehead atoms. The standard InChI is InChI=1S/C21H32N2O3S/c1-22(18-11-5-3-6-12-18)21(24)17-10-9-15-20(16-17)27(25,26)23(2)19-13-7-4-8-14-19/h9-10,15-16,18-19H,3-8,11-14H2,1-2H3. The Bertz CT molecular complexity index is 750. The van der Waals surface area contributed by atoms with Gasteiger partial charge in [0.05, 0.1) is 4.90 Å². The molecule has 150 valence electrons. The summed E-state index contributed by atoms with van der Waals surface area (Å²) in [5.74, 6) is -0.0840. The summed E-state index contributed by atoms with van der Waals surface area (Å²) in [6.45, 7) is 0. The number of nitrogens with zero attached hydrogens (tertiary/aromatic N) is 2. The van der Waals surface area contributed by atoms with E-state index in [1.807, 2.05) is 7.05 Å². The van der Waals surface area contributed by atoms with Crippen molar-refractivity contribution < 1.29 is 13.2 Å². The topological polar surface area (TPSA) is 57.7 Å². The first-order chi connectivity index (χ1) is 12.9. The molecule has 0 radical (unpaired) electrons. The highest BCUT2D eigenvalue weighted by atomic mass is 32.2. The van der Waals surface area contributed by atoms with Crippen LogP contribution >= 0.6 is 0 Å². The fourth-order valence-corrected chi connectivity index (χ4v) is 5.90. The molecule has 6 heteroatoms. The Balaban J connectivity index is 1.78. The van der Waals surface area contributed by atoms with Gasteiger partial charge in [0.2, 0.25) is 10.0 Å². The summed E-state index contributed by atoms with van der Waals surface area (Å²) in [7, 11) is -0.0671. The molecule has 1 aromatic carbocycles. The monoisotopic (exact) mass is 392 g/mol. The predicted octanol–water partition coefficient (Wildman–Crippen LogP) is 4.04. The summed E-state index contributed by atoms with van der Waals surface area (Å²) < 4.78 is 27.7. The number of benzene rings is 1. The predicted molar refractivity (Wildman–Crippen MR) is 107 cm³/mol. The van der Waals surface area contributed by atoms with Crippen LogP contribution in [0.5, 0.6) is 0 Å². The molecule has 27 heavy (non-hydrogen) atoms. The van der Waals surface area contributed by atoms with Gasteiger partial charge in [-0.1, -0.05) is 44.6 Å². The van der Waals surface area contributed by atoms with Gasteiger partial charge in [0.25, 0.3) is 5.91 Å². The third-order valence-corrected chi connectivity index (χ3v) is 8.20. The lowest BCUT2D eigenvalue weighted by Crippen LogP contribution is -2.39. The average molecular weight is 393 g/mol. The zero-order chi connectivity index (χ0) is 19.4. The minimum absolute atomic E-state index is 0.0630. The quantitative estimate of drug-likeness (QED) is 0.760. The Hall–Kier alpha value is -1.40. The normalized spacial score (nSPS) is 20.0. The third-order valence-electron chi connectivity index (χ3n) is 6.29. The maximum Gasteiger partial charge on any atom is 0.253 e. The van der Waals surface area contributed by atoms with E-state index in [1.165, 1.54) is 17.1 Å². The molecular formula is C21H32N2O3S. The Labute approximate surface area is 163 Å². The molecule has 0 aliphatic heterocycles. The molecule has 2 saturated carbocycles. The molecule has 0 spiro atoms. The van der Waals surface area contributed by atoms with E-state index >= 15 is 0 Å². The van der Waals surface area contributed by atoms with Gasteiger partial charge in [-0.25, -0.2) is 8.42 Å². The van der Waals surface area contributed by atoms with Gasteiger partial charge in [-0.3, -0.25) is 4.79 Å². The number of carbonyl (C=O) groups is 1. The Morgan fingerprint density at radius 2 is 1.44 bits per heavy atom. The molecule has 2 fully saturated rings. The van der Waals surface area contributed by atoms with Crippen LogP contribution in [0.15, 0.2) is 29.2 Å². The first-order valence-corrected chi connectivity index (χ1v) is 11.7. The summed E-state index contributed by atoms with van der Waals surface area (Å²) >= 11 is 0. The zero-order valence-corrected chi connectivity index (χ0v) is 17.4. The van der Waals surface area contributed by atoms with Gasteiger partial charge in [-0.2, -0.15) is 4.31 Å². The highest BCUT2D eigenvalue weighted by Crippen LogP contribution is 2.27. The number of hydrogen-bond donors (Lipinski definition) is 0. The van der Waals surface area contributed by atoms with Crippen LogP contribution in [0.3, 0.4) is 0 Å². The van der Waals surface area contributed by atoms with Crippen molar-refractivity contribution in [2.24, 2.45) is 0 Å². The van der Waals surface area contributed by atoms with Gasteiger partial charge < -0.3 is 4.90 Å². The minimum atomic E-state index is -3.58. The van der Waals surface area contributed by atoms with Crippen LogP contribution < -0.4 is 0 Å². The van der Waals surface area contributed by atoms with E-state index in [9.17, 15) is 13.2 Å². The fourth-order valence-electron chi connectivity index (χ4n) is 4.43. The van der Waals surface area contributed by atoms with Gasteiger partial charge in [0.1, 0.15) is 0 Å². The summed E-state index contributed by atoms with van der Waals surface area (Å²) in [4.78, 5) is 14.9. The van der Waals surface area contributed by atoms with E-state index in [1.54, 1.807) is 36.2 Å². The molecule has 0 N–H and O–H groups in total. The lowest BCUT2D eigenvalue weighted by Gasteiger charge is -2.32. The van der Waals surface area contributed by atoms with Crippen LogP contribution in [0.25, 0.3) is 0 Å². The molecule has 5 nitrogen and oxygen atoms in total. The molecule has 0 saturated heterocycles. The van der Waals surface area contributed by atoms with Gasteiger partial charge in [0, 0.05) is 31.7 Å². The third kappa shape index (κ3) is 4.54. The van der Waals surface area contributed by atoms with Crippen molar-refractivity contribution in [3.05, 3.63) is 29.8 Å². The van der Waals surface area contributed by atoms with Crippen LogP contribution in [0.2, 0.25) is 0 Å². The fraction of sp³-hybridized carbons (Fsp3) is 0.667. The first kappa shape index (κ1) is 20.3. The van der Waals surface area contributed by atoms with E-state index in [4.69, 9.17) is 0 Å². The summed E-state index contributed by atoms with van der Waals surface area (Å²) in [6.07, 6.45) is 10.8. The first-order valence-electron chi connectivity index (χ1n) is 10.3. The second-order valence-corrected chi connectivity index (χ2v) is 10.0. The largest absolute Gasteiger partial charge is 0.339 e. The van der Waals surface area contributed by atoms with Crippen molar-refractivity contribution in [3.63, 3.8) is 0 Å². The van der Waals surface area contributed by atoms with Crippen LogP contribution in [0, 0.1) is 0 Å². The maximum absolute atomic E-state index is 13.1. The molecule has 0 unspecified atom stereocenters. The lowest BCUT2D eigenvalue weighted by atomic mass is 9.94. The Morgan fingerprint density at radius 3 is 2.04 bits per heavy atom. The second kappa shape index (κ2) is 8.74. The van der Waals surface area contributed by atoms with Crippen LogP contribution in [0.4, 0.5) is 0 Å². The van der Waals surface area contributed by atoms with Crippen LogP contribution in [-0.4, -0.2) is 49.7 Å². The van der Waals surface area contributed by atoms with Crippen LogP contribution in [0.1, 0.15) is 74.6 Å². The summed E-state index contributed by atoms with van der Waals surface area (Å²) in [6, 6.07) is 6.89. The van der Waals surface area contributed by atoms with Crippen molar-refractivity contribution in [1.82, 2.24) is 9.21 Å². The van der Waals surface area contributed by atoms with E-state index in [0.717, 1.165) is 51.4 Å². The smallest absolute Gasteiger partial charge is 0.253 e. The molecular weight excluding hydrogens is 360 g/mol. The number of sulfonamides is 1. The van der Waals surface area contributed by atoms with Gasteiger partial charge in [0.15, 0.2) is 0 Å². The van der Waals surface area contributed by atoms with Gasteiger partial charge in [-0.15, -0.1) is 0 Å². The van der Waals surface area contributed by atoms with E-state index in [2.05, 4.69) is 0 Å². The molecule has 3 rings (SSSR count). The Morgan fingerprint density at radius 1 is 0.889 bits per heavy atom. The van der Waals surface area contributed by atoms with Crippen molar-refractivity contribution in [1.29, 1.82) is 0 Å². The van der Waals surface area contributed by atoms with E-state index in [-0.39, 0.29) is 22.9 Å². The SMILES string of the molecule is CN(C(=O)c1cccc(S(=O)(=O)N(C)C2CCCCC2)c1)C1CCCCC1. The van der Waals surface area contributed by atoms with Gasteiger partial charge >= 0.3 is 0 Å². The highest BCUT2D eigenvalue weighted by molar-refractivity contribution is 7.89. The van der Waals surface area contributed by atoms with Crippen LogP contribution in [-0.2, 0) is 10.0 Å². The van der Waals surface area contributed by atoms with E-state index < -0.39 is 10.0 Å².